The van der Waals surface area contributed by atoms with E-state index in [4.69, 9.17) is 37.0 Å². The zero-order chi connectivity index (χ0) is 67.0. The molecule has 0 saturated heterocycles. The number of hydrogen-bond acceptors (Lipinski definition) is 15. The van der Waals surface area contributed by atoms with Gasteiger partial charge in [-0.1, -0.05) is 269 Å². The lowest BCUT2D eigenvalue weighted by Crippen LogP contribution is -2.30. The minimum Gasteiger partial charge on any atom is -0.462 e. The molecule has 0 bridgehead atoms. The van der Waals surface area contributed by atoms with Gasteiger partial charge in [-0.3, -0.25) is 37.3 Å². The summed E-state index contributed by atoms with van der Waals surface area (Å²) in [6.45, 7) is 7.08. The minimum absolute atomic E-state index is 0.0781. The summed E-state index contributed by atoms with van der Waals surface area (Å²) in [4.78, 5) is 72.5. The zero-order valence-corrected chi connectivity index (χ0v) is 59.7. The van der Waals surface area contributed by atoms with Crippen molar-refractivity contribution in [3.63, 3.8) is 0 Å². The fourth-order valence-electron chi connectivity index (χ4n) is 9.92. The first-order valence-electron chi connectivity index (χ1n) is 36.3. The Hall–Kier alpha value is -2.98. The molecule has 0 heterocycles. The first kappa shape index (κ1) is 88.0. The number of hydrogen-bond donors (Lipinski definition) is 3. The van der Waals surface area contributed by atoms with E-state index < -0.39 is 97.5 Å². The molecule has 0 saturated carbocycles. The smallest absolute Gasteiger partial charge is 0.462 e. The van der Waals surface area contributed by atoms with Crippen LogP contribution < -0.4 is 0 Å². The second-order valence-corrected chi connectivity index (χ2v) is 28.0. The van der Waals surface area contributed by atoms with Crippen LogP contribution in [0.3, 0.4) is 0 Å². The van der Waals surface area contributed by atoms with E-state index >= 15 is 0 Å². The van der Waals surface area contributed by atoms with Gasteiger partial charge in [-0.2, -0.15) is 0 Å². The molecule has 0 aromatic rings. The Kier molecular flexibility index (Phi) is 62.3. The predicted molar refractivity (Wildman–Crippen MR) is 367 cm³/mol. The number of allylic oxidation sites excluding steroid dienone is 8. The van der Waals surface area contributed by atoms with E-state index in [0.29, 0.717) is 25.7 Å². The van der Waals surface area contributed by atoms with Crippen molar-refractivity contribution in [2.45, 2.75) is 342 Å². The Labute approximate surface area is 553 Å². The second-order valence-electron chi connectivity index (χ2n) is 25.1. The number of aliphatic hydroxyl groups excluding tert-OH is 1. The third-order valence-corrected chi connectivity index (χ3v) is 17.4. The highest BCUT2D eigenvalue weighted by Crippen LogP contribution is 2.45. The van der Waals surface area contributed by atoms with E-state index in [0.717, 1.165) is 134 Å². The molecule has 0 aromatic carbocycles. The molecule has 91 heavy (non-hydrogen) atoms. The van der Waals surface area contributed by atoms with Crippen LogP contribution in [0, 0.1) is 5.92 Å². The van der Waals surface area contributed by atoms with E-state index in [1.165, 1.54) is 109 Å². The van der Waals surface area contributed by atoms with Gasteiger partial charge in [0.2, 0.25) is 0 Å². The third kappa shape index (κ3) is 65.5. The molecular weight excluding hydrogens is 1200 g/mol. The lowest BCUT2D eigenvalue weighted by Gasteiger charge is -2.21. The van der Waals surface area contributed by atoms with Crippen molar-refractivity contribution in [3.8, 4) is 0 Å². The molecule has 0 radical (unpaired) electrons. The van der Waals surface area contributed by atoms with Gasteiger partial charge >= 0.3 is 39.5 Å². The first-order chi connectivity index (χ1) is 44.0. The molecular formula is C72H132O17P2. The van der Waals surface area contributed by atoms with Gasteiger partial charge in [-0.15, -0.1) is 0 Å². The average molecular weight is 1330 g/mol. The van der Waals surface area contributed by atoms with Crippen LogP contribution in [0.4, 0.5) is 0 Å². The fraction of sp³-hybridized carbons (Fsp3) is 0.833. The van der Waals surface area contributed by atoms with Crippen molar-refractivity contribution in [2.24, 2.45) is 5.92 Å². The number of esters is 4. The summed E-state index contributed by atoms with van der Waals surface area (Å²) in [5.74, 6) is -1.44. The monoisotopic (exact) mass is 1330 g/mol. The van der Waals surface area contributed by atoms with E-state index in [-0.39, 0.29) is 25.7 Å². The summed E-state index contributed by atoms with van der Waals surface area (Å²) in [6, 6.07) is 0. The van der Waals surface area contributed by atoms with Crippen LogP contribution in [0.25, 0.3) is 0 Å². The maximum absolute atomic E-state index is 13.0. The van der Waals surface area contributed by atoms with Crippen molar-refractivity contribution in [1.29, 1.82) is 0 Å². The van der Waals surface area contributed by atoms with Gasteiger partial charge in [0.05, 0.1) is 26.4 Å². The number of phosphoric ester groups is 2. The summed E-state index contributed by atoms with van der Waals surface area (Å²) < 4.78 is 68.2. The quantitative estimate of drug-likeness (QED) is 0.0169. The maximum Gasteiger partial charge on any atom is 0.472 e. The van der Waals surface area contributed by atoms with Crippen LogP contribution in [0.2, 0.25) is 0 Å². The van der Waals surface area contributed by atoms with Crippen molar-refractivity contribution in [3.05, 3.63) is 48.6 Å². The van der Waals surface area contributed by atoms with Gasteiger partial charge in [0.15, 0.2) is 12.2 Å². The normalized spacial score (nSPS) is 14.4. The number of carbonyl (C=O) groups excluding carboxylic acids is 4. The van der Waals surface area contributed by atoms with Gasteiger partial charge in [-0.25, -0.2) is 9.13 Å². The Balaban J connectivity index is 5.30. The fourth-order valence-corrected chi connectivity index (χ4v) is 11.5. The zero-order valence-electron chi connectivity index (χ0n) is 57.9. The van der Waals surface area contributed by atoms with Crippen LogP contribution >= 0.6 is 15.6 Å². The standard InChI is InChI=1S/C72H132O17P2/c1-6-9-12-15-18-21-23-25-27-29-31-36-41-46-51-56-70(75)83-62-68(89-71(76)57-52-47-42-37-32-30-28-26-24-22-19-16-13-10-7-2)64-87-91(80,81)85-60-66(73)59-84-90(78,79)86-63-67(61-82-69(74)55-50-45-40-20-17-14-11-8-3)88-72(77)58-53-48-43-38-34-33-35-39-44-49-54-65(4)5/h21-28,65-68,73H,6-20,29-64H2,1-5H3,(H,78,79)(H,80,81)/b23-21-,24-22-,27-25-,28-26-/t66-,67+,68+/m0/s1. The Morgan fingerprint density at radius 1 is 0.341 bits per heavy atom. The highest BCUT2D eigenvalue weighted by Gasteiger charge is 2.30. The summed E-state index contributed by atoms with van der Waals surface area (Å²) in [6.07, 6.45) is 57.1. The van der Waals surface area contributed by atoms with Gasteiger partial charge in [0.1, 0.15) is 19.3 Å². The first-order valence-corrected chi connectivity index (χ1v) is 39.3. The van der Waals surface area contributed by atoms with Crippen LogP contribution in [-0.4, -0.2) is 96.7 Å². The van der Waals surface area contributed by atoms with E-state index in [1.807, 2.05) is 0 Å². The summed E-state index contributed by atoms with van der Waals surface area (Å²) in [5.41, 5.74) is 0. The molecule has 19 heteroatoms. The van der Waals surface area contributed by atoms with Crippen LogP contribution in [0.1, 0.15) is 324 Å². The van der Waals surface area contributed by atoms with Crippen molar-refractivity contribution < 1.29 is 80.2 Å². The molecule has 0 spiro atoms. The molecule has 0 rings (SSSR count). The highest BCUT2D eigenvalue weighted by molar-refractivity contribution is 7.47. The molecule has 532 valence electrons. The Morgan fingerprint density at radius 2 is 0.593 bits per heavy atom. The summed E-state index contributed by atoms with van der Waals surface area (Å²) in [5, 5.41) is 10.6. The molecule has 2 unspecified atom stereocenters. The van der Waals surface area contributed by atoms with Crippen molar-refractivity contribution in [1.82, 2.24) is 0 Å². The maximum atomic E-state index is 13.0. The number of phosphoric acid groups is 2. The molecule has 0 aromatic heterocycles. The van der Waals surface area contributed by atoms with Gasteiger partial charge in [0, 0.05) is 25.7 Å². The predicted octanol–water partition coefficient (Wildman–Crippen LogP) is 20.0. The Morgan fingerprint density at radius 3 is 0.901 bits per heavy atom. The third-order valence-electron chi connectivity index (χ3n) is 15.5. The van der Waals surface area contributed by atoms with E-state index in [2.05, 4.69) is 83.2 Å². The minimum atomic E-state index is -4.97. The Bertz CT molecular complexity index is 1940. The second kappa shape index (κ2) is 64.4. The molecule has 3 N–H and O–H groups in total. The number of ether oxygens (including phenoxy) is 4. The topological polar surface area (TPSA) is 237 Å². The average Bonchev–Trinajstić information content (AvgIpc) is 3.53. The molecule has 5 atom stereocenters. The number of unbranched alkanes of at least 4 members (excludes halogenated alkanes) is 34. The molecule has 0 aliphatic heterocycles. The van der Waals surface area contributed by atoms with Crippen LogP contribution in [-0.2, 0) is 65.4 Å². The van der Waals surface area contributed by atoms with Gasteiger partial charge in [-0.05, 0) is 83.0 Å². The number of carbonyl (C=O) groups is 4. The summed E-state index contributed by atoms with van der Waals surface area (Å²) in [7, 11) is -9.92. The van der Waals surface area contributed by atoms with Crippen LogP contribution in [0.5, 0.6) is 0 Å². The van der Waals surface area contributed by atoms with Gasteiger partial charge < -0.3 is 33.8 Å². The molecule has 0 aliphatic rings. The van der Waals surface area contributed by atoms with E-state index in [9.17, 15) is 43.2 Å². The number of aliphatic hydroxyl groups is 1. The van der Waals surface area contributed by atoms with Gasteiger partial charge in [0.25, 0.3) is 0 Å². The van der Waals surface area contributed by atoms with Crippen molar-refractivity contribution in [2.75, 3.05) is 39.6 Å². The lowest BCUT2D eigenvalue weighted by molar-refractivity contribution is -0.161. The molecule has 0 amide bonds. The molecule has 0 aliphatic carbocycles. The highest BCUT2D eigenvalue weighted by atomic mass is 31.2. The number of rotatable bonds is 68. The summed E-state index contributed by atoms with van der Waals surface area (Å²) >= 11 is 0. The molecule has 0 fully saturated rings. The largest absolute Gasteiger partial charge is 0.472 e. The lowest BCUT2D eigenvalue weighted by atomic mass is 10.0. The van der Waals surface area contributed by atoms with E-state index in [1.54, 1.807) is 0 Å². The van der Waals surface area contributed by atoms with Crippen LogP contribution in [0.15, 0.2) is 48.6 Å². The molecule has 17 nitrogen and oxygen atoms in total. The SMILES string of the molecule is CCCCCC/C=C\C=C/CCCCCCCC(=O)OC[C@H](COP(=O)(O)OC[C@@H](O)COP(=O)(O)OC[C@@H](COC(=O)CCCCCCCCCC)OC(=O)CCCCCCCCCCCCC(C)C)OC(=O)CCCCCCC/C=C\C=C/CCCCCC. The van der Waals surface area contributed by atoms with Crippen molar-refractivity contribution >= 4 is 39.5 Å².